The average molecular weight is 267 g/mol. The Balaban J connectivity index is 1.88. The number of rotatable bonds is 6. The molecule has 6 nitrogen and oxygen atoms in total. The Bertz CT molecular complexity index is 419. The van der Waals surface area contributed by atoms with E-state index in [1.807, 2.05) is 11.8 Å². The highest BCUT2D eigenvalue weighted by atomic mass is 16.5. The van der Waals surface area contributed by atoms with Crippen LogP contribution in [0.25, 0.3) is 0 Å². The minimum Gasteiger partial charge on any atom is -0.382 e. The van der Waals surface area contributed by atoms with Crippen LogP contribution in [0, 0.1) is 0 Å². The molecule has 0 aliphatic carbocycles. The van der Waals surface area contributed by atoms with Crippen LogP contribution in [0.5, 0.6) is 0 Å². The molecule has 0 spiro atoms. The molecule has 0 bridgehead atoms. The number of hydrogen-bond acceptors (Lipinski definition) is 4. The molecule has 106 valence electrons. The lowest BCUT2D eigenvalue weighted by Crippen LogP contribution is -2.32. The topological polar surface area (TPSA) is 56.6 Å². The minimum absolute atomic E-state index is 0.0391. The molecule has 1 aromatic rings. The third-order valence-corrected chi connectivity index (χ3v) is 3.31. The summed E-state index contributed by atoms with van der Waals surface area (Å²) in [6.45, 7) is 5.24. The van der Waals surface area contributed by atoms with Gasteiger partial charge in [0.15, 0.2) is 0 Å². The van der Waals surface area contributed by atoms with Crippen molar-refractivity contribution in [2.45, 2.75) is 26.0 Å². The maximum Gasteiger partial charge on any atom is 0.272 e. The van der Waals surface area contributed by atoms with E-state index >= 15 is 0 Å². The third kappa shape index (κ3) is 3.33. The predicted molar refractivity (Wildman–Crippen MR) is 70.0 cm³/mol. The van der Waals surface area contributed by atoms with Crippen molar-refractivity contribution < 1.29 is 14.3 Å². The number of methoxy groups -OCH3 is 1. The number of ether oxygens (including phenoxy) is 2. The first kappa shape index (κ1) is 14.0. The second kappa shape index (κ2) is 6.68. The van der Waals surface area contributed by atoms with Crippen LogP contribution in [0.1, 0.15) is 23.8 Å². The van der Waals surface area contributed by atoms with Crippen molar-refractivity contribution in [3.05, 3.63) is 18.0 Å². The molecular weight excluding hydrogens is 246 g/mol. The van der Waals surface area contributed by atoms with E-state index < -0.39 is 0 Å². The standard InChI is InChI=1S/C13H21N3O3/c1-3-16-12(4-6-14-16)13(17)15-7-5-11(10-15)19-9-8-18-2/h4,6,11H,3,5,7-10H2,1-2H3. The lowest BCUT2D eigenvalue weighted by molar-refractivity contribution is 0.0217. The van der Waals surface area contributed by atoms with Crippen LogP contribution in [-0.2, 0) is 16.0 Å². The molecule has 0 aromatic carbocycles. The summed E-state index contributed by atoms with van der Waals surface area (Å²) in [5.74, 6) is 0.0391. The Morgan fingerprint density at radius 2 is 2.37 bits per heavy atom. The van der Waals surface area contributed by atoms with Gasteiger partial charge >= 0.3 is 0 Å². The Labute approximate surface area is 113 Å². The average Bonchev–Trinajstić information content (AvgIpc) is 3.07. The van der Waals surface area contributed by atoms with Gasteiger partial charge in [0.2, 0.25) is 0 Å². The molecule has 1 amide bonds. The van der Waals surface area contributed by atoms with Gasteiger partial charge in [-0.1, -0.05) is 0 Å². The molecule has 1 aliphatic rings. The molecule has 6 heteroatoms. The Kier molecular flexibility index (Phi) is 4.93. The van der Waals surface area contributed by atoms with E-state index in [0.717, 1.165) is 13.0 Å². The minimum atomic E-state index is 0.0391. The monoisotopic (exact) mass is 267 g/mol. The van der Waals surface area contributed by atoms with Crippen molar-refractivity contribution in [3.63, 3.8) is 0 Å². The van der Waals surface area contributed by atoms with Crippen LogP contribution in [0.3, 0.4) is 0 Å². The smallest absolute Gasteiger partial charge is 0.272 e. The van der Waals surface area contributed by atoms with Crippen LogP contribution >= 0.6 is 0 Å². The summed E-state index contributed by atoms with van der Waals surface area (Å²) in [5.41, 5.74) is 0.653. The van der Waals surface area contributed by atoms with Crippen LogP contribution in [-0.4, -0.2) is 60.1 Å². The molecule has 1 atom stereocenters. The SMILES string of the molecule is CCn1nccc1C(=O)N1CCC(OCCOC)C1. The third-order valence-electron chi connectivity index (χ3n) is 3.31. The van der Waals surface area contributed by atoms with Gasteiger partial charge in [-0.05, 0) is 19.4 Å². The van der Waals surface area contributed by atoms with E-state index in [1.54, 1.807) is 24.1 Å². The maximum atomic E-state index is 12.3. The van der Waals surface area contributed by atoms with Crippen molar-refractivity contribution in [1.82, 2.24) is 14.7 Å². The number of amides is 1. The second-order valence-corrected chi connectivity index (χ2v) is 4.56. The molecule has 1 aliphatic heterocycles. The molecule has 1 unspecified atom stereocenters. The number of carbonyl (C=O) groups is 1. The van der Waals surface area contributed by atoms with Crippen LogP contribution in [0.15, 0.2) is 12.3 Å². The van der Waals surface area contributed by atoms with Gasteiger partial charge < -0.3 is 14.4 Å². The number of aryl methyl sites for hydroxylation is 1. The van der Waals surface area contributed by atoms with E-state index in [1.165, 1.54) is 0 Å². The predicted octanol–water partition coefficient (Wildman–Crippen LogP) is 0.780. The highest BCUT2D eigenvalue weighted by Crippen LogP contribution is 2.16. The van der Waals surface area contributed by atoms with Crippen molar-refractivity contribution in [1.29, 1.82) is 0 Å². The summed E-state index contributed by atoms with van der Waals surface area (Å²) in [6, 6.07) is 1.77. The van der Waals surface area contributed by atoms with E-state index in [0.29, 0.717) is 32.0 Å². The molecule has 0 saturated carbocycles. The Morgan fingerprint density at radius 3 is 3.11 bits per heavy atom. The number of likely N-dealkylation sites (tertiary alicyclic amines) is 1. The largest absolute Gasteiger partial charge is 0.382 e. The van der Waals surface area contributed by atoms with E-state index in [9.17, 15) is 4.79 Å². The summed E-state index contributed by atoms with van der Waals surface area (Å²) >= 11 is 0. The molecule has 1 aromatic heterocycles. The van der Waals surface area contributed by atoms with Gasteiger partial charge in [-0.2, -0.15) is 5.10 Å². The fourth-order valence-corrected chi connectivity index (χ4v) is 2.28. The van der Waals surface area contributed by atoms with Crippen LogP contribution in [0.4, 0.5) is 0 Å². The van der Waals surface area contributed by atoms with Gasteiger partial charge in [0.1, 0.15) is 5.69 Å². The van der Waals surface area contributed by atoms with Crippen molar-refractivity contribution >= 4 is 5.91 Å². The van der Waals surface area contributed by atoms with Crippen molar-refractivity contribution in [3.8, 4) is 0 Å². The molecule has 1 fully saturated rings. The zero-order valence-electron chi connectivity index (χ0n) is 11.5. The highest BCUT2D eigenvalue weighted by molar-refractivity contribution is 5.92. The highest BCUT2D eigenvalue weighted by Gasteiger charge is 2.28. The normalized spacial score (nSPS) is 19.1. The molecule has 1 saturated heterocycles. The fourth-order valence-electron chi connectivity index (χ4n) is 2.28. The first-order valence-electron chi connectivity index (χ1n) is 6.68. The summed E-state index contributed by atoms with van der Waals surface area (Å²) in [6.07, 6.45) is 2.67. The fraction of sp³-hybridized carbons (Fsp3) is 0.692. The maximum absolute atomic E-state index is 12.3. The molecule has 0 N–H and O–H groups in total. The quantitative estimate of drug-likeness (QED) is 0.715. The van der Waals surface area contributed by atoms with E-state index in [2.05, 4.69) is 5.10 Å². The first-order valence-corrected chi connectivity index (χ1v) is 6.68. The zero-order valence-corrected chi connectivity index (χ0v) is 11.5. The first-order chi connectivity index (χ1) is 9.26. The lowest BCUT2D eigenvalue weighted by atomic mass is 10.3. The summed E-state index contributed by atoms with van der Waals surface area (Å²) in [7, 11) is 1.65. The Morgan fingerprint density at radius 1 is 1.53 bits per heavy atom. The number of nitrogens with zero attached hydrogens (tertiary/aromatic N) is 3. The van der Waals surface area contributed by atoms with Crippen molar-refractivity contribution in [2.75, 3.05) is 33.4 Å². The van der Waals surface area contributed by atoms with E-state index in [4.69, 9.17) is 9.47 Å². The number of aromatic nitrogens is 2. The van der Waals surface area contributed by atoms with E-state index in [-0.39, 0.29) is 12.0 Å². The molecule has 2 heterocycles. The van der Waals surface area contributed by atoms with Gasteiger partial charge in [-0.3, -0.25) is 9.48 Å². The molecule has 19 heavy (non-hydrogen) atoms. The summed E-state index contributed by atoms with van der Waals surface area (Å²) < 4.78 is 12.3. The van der Waals surface area contributed by atoms with Gasteiger partial charge in [0, 0.05) is 32.9 Å². The van der Waals surface area contributed by atoms with Crippen LogP contribution in [0.2, 0.25) is 0 Å². The van der Waals surface area contributed by atoms with Gasteiger partial charge in [0.05, 0.1) is 19.3 Å². The molecule has 0 radical (unpaired) electrons. The molecular formula is C13H21N3O3. The van der Waals surface area contributed by atoms with Gasteiger partial charge in [0.25, 0.3) is 5.91 Å². The van der Waals surface area contributed by atoms with Gasteiger partial charge in [-0.15, -0.1) is 0 Å². The number of carbonyl (C=O) groups excluding carboxylic acids is 1. The number of hydrogen-bond donors (Lipinski definition) is 0. The second-order valence-electron chi connectivity index (χ2n) is 4.56. The lowest BCUT2D eigenvalue weighted by Gasteiger charge is -2.17. The van der Waals surface area contributed by atoms with Gasteiger partial charge in [-0.25, -0.2) is 0 Å². The summed E-state index contributed by atoms with van der Waals surface area (Å²) in [4.78, 5) is 14.2. The summed E-state index contributed by atoms with van der Waals surface area (Å²) in [5, 5.41) is 4.13. The zero-order chi connectivity index (χ0) is 13.7. The Hall–Kier alpha value is -1.40. The van der Waals surface area contributed by atoms with Crippen molar-refractivity contribution in [2.24, 2.45) is 0 Å². The molecule has 2 rings (SSSR count). The van der Waals surface area contributed by atoms with Crippen LogP contribution < -0.4 is 0 Å².